The number of ether oxygens (including phenoxy) is 2. The van der Waals surface area contributed by atoms with Crippen LogP contribution in [0.25, 0.3) is 0 Å². The molecule has 0 aliphatic carbocycles. The van der Waals surface area contributed by atoms with Crippen LogP contribution in [0, 0.1) is 0 Å². The van der Waals surface area contributed by atoms with Gasteiger partial charge in [0.1, 0.15) is 0 Å². The van der Waals surface area contributed by atoms with Crippen molar-refractivity contribution in [2.45, 2.75) is 0 Å². The van der Waals surface area contributed by atoms with Crippen molar-refractivity contribution < 1.29 is 19.7 Å². The molecule has 0 aromatic heterocycles. The van der Waals surface area contributed by atoms with Crippen LogP contribution in [0.5, 0.6) is 23.0 Å². The van der Waals surface area contributed by atoms with E-state index >= 15 is 0 Å². The predicted molar refractivity (Wildman–Crippen MR) is 103 cm³/mol. The average Bonchev–Trinajstić information content (AvgIpc) is 2.44. The number of hydrogen-bond donors (Lipinski definition) is 2. The summed E-state index contributed by atoms with van der Waals surface area (Å²) in [5.41, 5.74) is 0. The zero-order valence-corrected chi connectivity index (χ0v) is 17.1. The third-order valence-electron chi connectivity index (χ3n) is 2.12. The van der Waals surface area contributed by atoms with Crippen LogP contribution in [0.4, 0.5) is 0 Å². The van der Waals surface area contributed by atoms with Crippen molar-refractivity contribution >= 4 is 96.2 Å². The molecule has 0 saturated heterocycles. The van der Waals surface area contributed by atoms with Crippen LogP contribution in [0.2, 0.25) is 0 Å². The molecule has 0 aliphatic heterocycles. The van der Waals surface area contributed by atoms with Crippen LogP contribution in [0.1, 0.15) is 0 Å². The quantitative estimate of drug-likeness (QED) is 0.445. The molecule has 2 aromatic rings. The zero-order chi connectivity index (χ0) is 16.5. The van der Waals surface area contributed by atoms with Crippen LogP contribution < -0.4 is 9.47 Å². The van der Waals surface area contributed by atoms with Gasteiger partial charge in [0.15, 0.2) is 23.0 Å². The van der Waals surface area contributed by atoms with E-state index in [-0.39, 0.29) is 58.0 Å². The number of para-hydroxylation sites is 4. The summed E-state index contributed by atoms with van der Waals surface area (Å²) >= 11 is 18.1. The summed E-state index contributed by atoms with van der Waals surface area (Å²) in [6.45, 7) is 0. The predicted octanol–water partition coefficient (Wildman–Crippen LogP) is 2.82. The molecule has 0 spiro atoms. The standard InChI is InChI=1S/2C7H6O2S2.Ca/c2*8-5-3-1-2-4-6(5)9-7(10)11;/h2*1-4,8H,(H,10,11);/q;;+2/p-2. The number of hydrogen-bond acceptors (Lipinski definition) is 8. The molecule has 0 bridgehead atoms. The van der Waals surface area contributed by atoms with Crippen LogP contribution in [-0.2, 0) is 25.3 Å². The summed E-state index contributed by atoms with van der Waals surface area (Å²) < 4.78 is 9.64. The van der Waals surface area contributed by atoms with Gasteiger partial charge in [-0.15, -0.1) is 0 Å². The van der Waals surface area contributed by atoms with Gasteiger partial charge in [-0.25, -0.2) is 0 Å². The normalized spacial score (nSPS) is 8.70. The van der Waals surface area contributed by atoms with Crippen LogP contribution in [0.3, 0.4) is 0 Å². The summed E-state index contributed by atoms with van der Waals surface area (Å²) in [6, 6.07) is 13.0. The second kappa shape index (κ2) is 12.0. The summed E-state index contributed by atoms with van der Waals surface area (Å²) in [7, 11) is 0. The van der Waals surface area contributed by atoms with Gasteiger partial charge in [0, 0.05) is 8.77 Å². The van der Waals surface area contributed by atoms with Gasteiger partial charge >= 0.3 is 37.7 Å². The van der Waals surface area contributed by atoms with Gasteiger partial charge in [-0.3, -0.25) is 0 Å². The maximum absolute atomic E-state index is 9.13. The van der Waals surface area contributed by atoms with E-state index in [1.165, 1.54) is 12.1 Å². The number of phenolic OH excluding ortho intramolecular Hbond substituents is 2. The molecule has 23 heavy (non-hydrogen) atoms. The topological polar surface area (TPSA) is 58.9 Å². The Hall–Kier alpha value is -0.480. The van der Waals surface area contributed by atoms with E-state index in [1.807, 2.05) is 0 Å². The third kappa shape index (κ3) is 9.41. The van der Waals surface area contributed by atoms with Crippen molar-refractivity contribution in [3.05, 3.63) is 48.5 Å². The first kappa shape index (κ1) is 22.5. The van der Waals surface area contributed by atoms with Gasteiger partial charge in [-0.05, 0) is 24.3 Å². The van der Waals surface area contributed by atoms with Crippen LogP contribution >= 0.6 is 24.4 Å². The SMILES string of the molecule is Oc1ccccc1OC(=S)[S-].Oc1ccccc1OC(=S)[S-].[Ca+2]. The molecule has 116 valence electrons. The van der Waals surface area contributed by atoms with E-state index in [0.717, 1.165) is 0 Å². The number of rotatable bonds is 2. The minimum atomic E-state index is -0.0218. The summed E-state index contributed by atoms with van der Waals surface area (Å²) in [6.07, 6.45) is 0. The van der Waals surface area contributed by atoms with Gasteiger partial charge in [-0.2, -0.15) is 0 Å². The Labute approximate surface area is 185 Å². The Kier molecular flexibility index (Phi) is 11.7. The molecular weight excluding hydrogens is 400 g/mol. The van der Waals surface area contributed by atoms with E-state index in [4.69, 9.17) is 19.7 Å². The molecule has 2 rings (SSSR count). The van der Waals surface area contributed by atoms with Crippen molar-refractivity contribution in [1.82, 2.24) is 0 Å². The fraction of sp³-hybridized carbons (Fsp3) is 0. The van der Waals surface area contributed by atoms with E-state index in [0.29, 0.717) is 11.5 Å². The number of phenols is 2. The Morgan fingerprint density at radius 2 is 1.04 bits per heavy atom. The fourth-order valence-electron chi connectivity index (χ4n) is 1.27. The molecule has 4 nitrogen and oxygen atoms in total. The smallest absolute Gasteiger partial charge is 0.504 e. The van der Waals surface area contributed by atoms with Gasteiger partial charge < -0.3 is 69.4 Å². The second-order valence-corrected chi connectivity index (χ2v) is 5.64. The number of aromatic hydroxyl groups is 2. The van der Waals surface area contributed by atoms with Crippen LogP contribution in [-0.4, -0.2) is 56.7 Å². The van der Waals surface area contributed by atoms with E-state index in [2.05, 4.69) is 49.7 Å². The molecule has 0 heterocycles. The Bertz CT molecular complexity index is 609. The van der Waals surface area contributed by atoms with Crippen molar-refractivity contribution in [3.63, 3.8) is 0 Å². The largest absolute Gasteiger partial charge is 2.00 e. The van der Waals surface area contributed by atoms with Gasteiger partial charge in [0.2, 0.25) is 0 Å². The van der Waals surface area contributed by atoms with Gasteiger partial charge in [-0.1, -0.05) is 24.3 Å². The third-order valence-corrected chi connectivity index (χ3v) is 2.45. The molecule has 0 amide bonds. The van der Waals surface area contributed by atoms with Crippen LogP contribution in [0.15, 0.2) is 48.5 Å². The molecule has 0 radical (unpaired) electrons. The number of thiocarbonyl (C=S) groups is 2. The van der Waals surface area contributed by atoms with Crippen molar-refractivity contribution in [2.24, 2.45) is 0 Å². The molecule has 9 heteroatoms. The molecule has 0 saturated carbocycles. The first-order chi connectivity index (χ1) is 10.4. The maximum atomic E-state index is 9.13. The summed E-state index contributed by atoms with van der Waals surface area (Å²) in [5.74, 6) is 0.680. The van der Waals surface area contributed by atoms with Gasteiger partial charge in [0.25, 0.3) is 0 Å². The first-order valence-electron chi connectivity index (χ1n) is 5.73. The molecule has 2 aromatic carbocycles. The Morgan fingerprint density at radius 1 is 0.739 bits per heavy atom. The molecule has 0 fully saturated rings. The maximum Gasteiger partial charge on any atom is 2.00 e. The molecule has 0 aliphatic rings. The minimum Gasteiger partial charge on any atom is -0.504 e. The Morgan fingerprint density at radius 3 is 1.30 bits per heavy atom. The zero-order valence-electron chi connectivity index (χ0n) is 11.7. The first-order valence-corrected chi connectivity index (χ1v) is 7.37. The van der Waals surface area contributed by atoms with E-state index in [1.54, 1.807) is 36.4 Å². The van der Waals surface area contributed by atoms with Crippen molar-refractivity contribution in [2.75, 3.05) is 0 Å². The van der Waals surface area contributed by atoms with Crippen molar-refractivity contribution in [3.8, 4) is 23.0 Å². The fourth-order valence-corrected chi connectivity index (χ4v) is 1.63. The second-order valence-electron chi connectivity index (χ2n) is 3.64. The minimum absolute atomic E-state index is 0. The van der Waals surface area contributed by atoms with Gasteiger partial charge in [0.05, 0.1) is 0 Å². The molecule has 2 N–H and O–H groups in total. The molecule has 0 atom stereocenters. The molecule has 0 unspecified atom stereocenters. The monoisotopic (exact) mass is 410 g/mol. The Balaban J connectivity index is 0.000000403. The summed E-state index contributed by atoms with van der Waals surface area (Å²) in [5, 5.41) is 18.3. The van der Waals surface area contributed by atoms with Crippen molar-refractivity contribution in [1.29, 1.82) is 0 Å². The van der Waals surface area contributed by atoms with E-state index in [9.17, 15) is 0 Å². The average molecular weight is 411 g/mol. The molecular formula is C14H10CaO4S4. The summed E-state index contributed by atoms with van der Waals surface area (Å²) in [4.78, 5) is 0. The number of benzene rings is 2. The van der Waals surface area contributed by atoms with E-state index < -0.39 is 0 Å².